The molecule has 2 aromatic rings. The van der Waals surface area contributed by atoms with Gasteiger partial charge in [0.2, 0.25) is 0 Å². The molecule has 0 heterocycles. The van der Waals surface area contributed by atoms with Crippen LogP contribution in [0.2, 0.25) is 0 Å². The number of benzene rings is 2. The Kier molecular flexibility index (Phi) is 3.86. The Morgan fingerprint density at radius 1 is 1.06 bits per heavy atom. The highest BCUT2D eigenvalue weighted by atomic mass is 16.4. The lowest BCUT2D eigenvalue weighted by atomic mass is 10.1. The third kappa shape index (κ3) is 3.04. The Balaban J connectivity index is 2.12. The minimum atomic E-state index is -0.934. The predicted molar refractivity (Wildman–Crippen MR) is 71.1 cm³/mol. The van der Waals surface area contributed by atoms with Crippen molar-refractivity contribution in [3.63, 3.8) is 0 Å². The summed E-state index contributed by atoms with van der Waals surface area (Å²) in [4.78, 5) is 15.3. The van der Waals surface area contributed by atoms with Gasteiger partial charge in [0.15, 0.2) is 0 Å². The molecule has 3 heteroatoms. The first-order valence-electron chi connectivity index (χ1n) is 5.63. The molecular weight excluding hydrogens is 226 g/mol. The fraction of sp³-hybridized carbons (Fsp3) is 0.0667. The molecule has 0 unspecified atom stereocenters. The van der Waals surface area contributed by atoms with Crippen LogP contribution in [0.5, 0.6) is 0 Å². The molecule has 2 rings (SSSR count). The summed E-state index contributed by atoms with van der Waals surface area (Å²) in [6.07, 6.45) is 1.61. The Morgan fingerprint density at radius 2 is 1.72 bits per heavy atom. The molecule has 0 fully saturated rings. The largest absolute Gasteiger partial charge is 0.478 e. The molecule has 0 bridgehead atoms. The second-order valence-corrected chi connectivity index (χ2v) is 3.85. The van der Waals surface area contributed by atoms with Gasteiger partial charge < -0.3 is 5.11 Å². The van der Waals surface area contributed by atoms with Crippen molar-refractivity contribution in [2.45, 2.75) is 6.54 Å². The molecule has 0 saturated heterocycles. The normalized spacial score (nSPS) is 10.7. The van der Waals surface area contributed by atoms with Crippen molar-refractivity contribution in [1.29, 1.82) is 0 Å². The standard InChI is InChI=1S/C15H13NO2/c17-15(18)14-9-5-4-8-13(14)11-16-10-12-6-2-1-3-7-12/h1-9,11H,10H2,(H,17,18). The fourth-order valence-corrected chi connectivity index (χ4v) is 1.64. The highest BCUT2D eigenvalue weighted by molar-refractivity contribution is 5.98. The summed E-state index contributed by atoms with van der Waals surface area (Å²) in [6.45, 7) is 0.550. The van der Waals surface area contributed by atoms with Gasteiger partial charge in [-0.15, -0.1) is 0 Å². The topological polar surface area (TPSA) is 49.7 Å². The number of aliphatic imine (C=N–C) groups is 1. The second-order valence-electron chi connectivity index (χ2n) is 3.85. The van der Waals surface area contributed by atoms with Crippen molar-refractivity contribution in [3.05, 3.63) is 71.3 Å². The van der Waals surface area contributed by atoms with Gasteiger partial charge in [0.05, 0.1) is 12.1 Å². The van der Waals surface area contributed by atoms with Crippen molar-refractivity contribution in [2.24, 2.45) is 4.99 Å². The van der Waals surface area contributed by atoms with Crippen LogP contribution in [0.4, 0.5) is 0 Å². The van der Waals surface area contributed by atoms with Crippen LogP contribution in [-0.4, -0.2) is 17.3 Å². The van der Waals surface area contributed by atoms with Crippen LogP contribution in [0, 0.1) is 0 Å². The smallest absolute Gasteiger partial charge is 0.336 e. The van der Waals surface area contributed by atoms with Gasteiger partial charge in [-0.1, -0.05) is 48.5 Å². The van der Waals surface area contributed by atoms with Crippen molar-refractivity contribution in [1.82, 2.24) is 0 Å². The van der Waals surface area contributed by atoms with E-state index in [4.69, 9.17) is 5.11 Å². The number of hydrogen-bond acceptors (Lipinski definition) is 2. The number of aromatic carboxylic acids is 1. The zero-order valence-electron chi connectivity index (χ0n) is 9.78. The lowest BCUT2D eigenvalue weighted by Gasteiger charge is -1.99. The Labute approximate surface area is 105 Å². The Morgan fingerprint density at radius 3 is 2.44 bits per heavy atom. The Bertz CT molecular complexity index is 562. The average molecular weight is 239 g/mol. The number of nitrogens with zero attached hydrogens (tertiary/aromatic N) is 1. The van der Waals surface area contributed by atoms with Gasteiger partial charge in [-0.25, -0.2) is 4.79 Å². The van der Waals surface area contributed by atoms with E-state index in [1.165, 1.54) is 0 Å². The van der Waals surface area contributed by atoms with Gasteiger partial charge in [-0.05, 0) is 11.6 Å². The van der Waals surface area contributed by atoms with Crippen LogP contribution in [0.25, 0.3) is 0 Å². The van der Waals surface area contributed by atoms with Crippen molar-refractivity contribution in [2.75, 3.05) is 0 Å². The van der Waals surface area contributed by atoms with Crippen LogP contribution < -0.4 is 0 Å². The minimum Gasteiger partial charge on any atom is -0.478 e. The molecule has 0 saturated carbocycles. The summed E-state index contributed by atoms with van der Waals surface area (Å²) in [5.74, 6) is -0.934. The molecule has 0 atom stereocenters. The van der Waals surface area contributed by atoms with Gasteiger partial charge in [-0.3, -0.25) is 4.99 Å². The highest BCUT2D eigenvalue weighted by Gasteiger charge is 2.06. The van der Waals surface area contributed by atoms with Gasteiger partial charge in [0, 0.05) is 11.8 Å². The maximum Gasteiger partial charge on any atom is 0.336 e. The zero-order valence-corrected chi connectivity index (χ0v) is 9.78. The van der Waals surface area contributed by atoms with Crippen LogP contribution in [0.3, 0.4) is 0 Å². The van der Waals surface area contributed by atoms with E-state index in [1.54, 1.807) is 30.5 Å². The third-order valence-electron chi connectivity index (χ3n) is 2.54. The number of carboxylic acids is 1. The van der Waals surface area contributed by atoms with Crippen LogP contribution in [0.1, 0.15) is 21.5 Å². The maximum atomic E-state index is 11.0. The van der Waals surface area contributed by atoms with Crippen LogP contribution >= 0.6 is 0 Å². The van der Waals surface area contributed by atoms with Crippen molar-refractivity contribution >= 4 is 12.2 Å². The zero-order chi connectivity index (χ0) is 12.8. The van der Waals surface area contributed by atoms with E-state index < -0.39 is 5.97 Å². The summed E-state index contributed by atoms with van der Waals surface area (Å²) in [5, 5.41) is 9.02. The van der Waals surface area contributed by atoms with E-state index in [0.29, 0.717) is 12.1 Å². The first-order valence-corrected chi connectivity index (χ1v) is 5.63. The van der Waals surface area contributed by atoms with E-state index in [2.05, 4.69) is 4.99 Å². The van der Waals surface area contributed by atoms with Gasteiger partial charge in [0.25, 0.3) is 0 Å². The number of carboxylic acid groups (broad SMARTS) is 1. The molecule has 0 aromatic heterocycles. The van der Waals surface area contributed by atoms with Gasteiger partial charge >= 0.3 is 5.97 Å². The molecule has 3 nitrogen and oxygen atoms in total. The van der Waals surface area contributed by atoms with Gasteiger partial charge in [-0.2, -0.15) is 0 Å². The number of rotatable bonds is 4. The summed E-state index contributed by atoms with van der Waals surface area (Å²) in [5.41, 5.74) is 2.00. The van der Waals surface area contributed by atoms with E-state index in [1.807, 2.05) is 30.3 Å². The molecule has 0 aliphatic rings. The monoisotopic (exact) mass is 239 g/mol. The molecule has 2 aromatic carbocycles. The number of carbonyl (C=O) groups is 1. The lowest BCUT2D eigenvalue weighted by molar-refractivity contribution is 0.0697. The molecule has 0 amide bonds. The highest BCUT2D eigenvalue weighted by Crippen LogP contribution is 2.07. The summed E-state index contributed by atoms with van der Waals surface area (Å²) < 4.78 is 0. The van der Waals surface area contributed by atoms with Crippen molar-refractivity contribution < 1.29 is 9.90 Å². The average Bonchev–Trinajstić information content (AvgIpc) is 2.40. The molecule has 0 aliphatic heterocycles. The first kappa shape index (κ1) is 12.0. The fourth-order valence-electron chi connectivity index (χ4n) is 1.64. The molecule has 0 spiro atoms. The molecule has 1 N–H and O–H groups in total. The quantitative estimate of drug-likeness (QED) is 0.834. The Hall–Kier alpha value is -2.42. The van der Waals surface area contributed by atoms with E-state index in [0.717, 1.165) is 5.56 Å². The maximum absolute atomic E-state index is 11.0. The summed E-state index contributed by atoms with van der Waals surface area (Å²) in [7, 11) is 0. The van der Waals surface area contributed by atoms with Crippen molar-refractivity contribution in [3.8, 4) is 0 Å². The first-order chi connectivity index (χ1) is 8.77. The predicted octanol–water partition coefficient (Wildman–Crippen LogP) is 3.00. The second kappa shape index (κ2) is 5.77. The summed E-state index contributed by atoms with van der Waals surface area (Å²) in [6, 6.07) is 16.7. The van der Waals surface area contributed by atoms with Crippen LogP contribution in [0.15, 0.2) is 59.6 Å². The third-order valence-corrected chi connectivity index (χ3v) is 2.54. The summed E-state index contributed by atoms with van der Waals surface area (Å²) >= 11 is 0. The molecule has 90 valence electrons. The van der Waals surface area contributed by atoms with E-state index in [-0.39, 0.29) is 5.56 Å². The van der Waals surface area contributed by atoms with Crippen LogP contribution in [-0.2, 0) is 6.54 Å². The molecule has 18 heavy (non-hydrogen) atoms. The minimum absolute atomic E-state index is 0.273. The molecule has 0 aliphatic carbocycles. The van der Waals surface area contributed by atoms with Gasteiger partial charge in [0.1, 0.15) is 0 Å². The van der Waals surface area contributed by atoms with E-state index >= 15 is 0 Å². The molecular formula is C15H13NO2. The number of hydrogen-bond donors (Lipinski definition) is 1. The SMILES string of the molecule is O=C(O)c1ccccc1C=NCc1ccccc1. The lowest BCUT2D eigenvalue weighted by Crippen LogP contribution is -2.01. The molecule has 0 radical (unpaired) electrons. The van der Waals surface area contributed by atoms with E-state index in [9.17, 15) is 4.79 Å².